The van der Waals surface area contributed by atoms with Crippen molar-refractivity contribution in [2.45, 2.75) is 44.6 Å². The second kappa shape index (κ2) is 6.59. The molecule has 3 nitrogen and oxygen atoms in total. The molecule has 1 amide bonds. The van der Waals surface area contributed by atoms with Crippen molar-refractivity contribution < 1.29 is 4.79 Å². The van der Waals surface area contributed by atoms with Gasteiger partial charge in [0.05, 0.1) is 12.0 Å². The van der Waals surface area contributed by atoms with Gasteiger partial charge >= 0.3 is 0 Å². The van der Waals surface area contributed by atoms with Gasteiger partial charge in [-0.1, -0.05) is 49.6 Å². The molecule has 20 heavy (non-hydrogen) atoms. The molecule has 2 atom stereocenters. The predicted octanol–water partition coefficient (Wildman–Crippen LogP) is 2.91. The van der Waals surface area contributed by atoms with Crippen LogP contribution in [0.5, 0.6) is 0 Å². The lowest BCUT2D eigenvalue weighted by molar-refractivity contribution is -0.123. The summed E-state index contributed by atoms with van der Waals surface area (Å²) in [6, 6.07) is 7.47. The number of rotatable bonds is 4. The average molecular weight is 295 g/mol. The van der Waals surface area contributed by atoms with E-state index in [0.29, 0.717) is 23.9 Å². The zero-order valence-electron chi connectivity index (χ0n) is 12.0. The molecule has 1 saturated carbocycles. The lowest BCUT2D eigenvalue weighted by atomic mass is 9.73. The van der Waals surface area contributed by atoms with E-state index in [-0.39, 0.29) is 11.4 Å². The summed E-state index contributed by atoms with van der Waals surface area (Å²) in [7, 11) is 0. The fourth-order valence-corrected chi connectivity index (χ4v) is 3.29. The van der Waals surface area contributed by atoms with E-state index in [2.05, 4.69) is 12.2 Å². The first-order chi connectivity index (χ1) is 9.57. The Kier molecular flexibility index (Phi) is 5.06. The third-order valence-corrected chi connectivity index (χ3v) is 4.88. The van der Waals surface area contributed by atoms with E-state index in [1.165, 1.54) is 6.42 Å². The topological polar surface area (TPSA) is 55.1 Å². The number of hydrogen-bond donors (Lipinski definition) is 2. The van der Waals surface area contributed by atoms with E-state index in [4.69, 9.17) is 17.3 Å². The minimum absolute atomic E-state index is 0.0114. The number of benzene rings is 1. The molecule has 1 aromatic carbocycles. The molecule has 0 aromatic heterocycles. The smallest absolute Gasteiger partial charge is 0.224 e. The highest BCUT2D eigenvalue weighted by molar-refractivity contribution is 6.31. The minimum atomic E-state index is -0.239. The Balaban J connectivity index is 2.04. The molecule has 1 aliphatic carbocycles. The van der Waals surface area contributed by atoms with Crippen LogP contribution in [0.3, 0.4) is 0 Å². The van der Waals surface area contributed by atoms with Crippen LogP contribution in [0.1, 0.15) is 38.2 Å². The summed E-state index contributed by atoms with van der Waals surface area (Å²) in [5, 5.41) is 3.82. The Morgan fingerprint density at radius 2 is 2.20 bits per heavy atom. The quantitative estimate of drug-likeness (QED) is 0.897. The number of halogens is 1. The van der Waals surface area contributed by atoms with Crippen LogP contribution < -0.4 is 11.1 Å². The van der Waals surface area contributed by atoms with Gasteiger partial charge in [0, 0.05) is 11.6 Å². The molecule has 110 valence electrons. The highest BCUT2D eigenvalue weighted by Gasteiger charge is 2.38. The van der Waals surface area contributed by atoms with Gasteiger partial charge in [0.25, 0.3) is 0 Å². The molecule has 0 heterocycles. The van der Waals surface area contributed by atoms with E-state index in [9.17, 15) is 4.79 Å². The van der Waals surface area contributed by atoms with Gasteiger partial charge in [0.15, 0.2) is 0 Å². The first-order valence-electron chi connectivity index (χ1n) is 7.32. The van der Waals surface area contributed by atoms with E-state index >= 15 is 0 Å². The maximum Gasteiger partial charge on any atom is 0.224 e. The number of nitrogens with two attached hydrogens (primary N) is 1. The molecule has 0 radical (unpaired) electrons. The Morgan fingerprint density at radius 1 is 1.45 bits per heavy atom. The fraction of sp³-hybridized carbons (Fsp3) is 0.562. The summed E-state index contributed by atoms with van der Waals surface area (Å²) in [6.45, 7) is 2.68. The lowest BCUT2D eigenvalue weighted by Gasteiger charge is -2.42. The van der Waals surface area contributed by atoms with Gasteiger partial charge in [0.1, 0.15) is 0 Å². The molecule has 4 heteroatoms. The molecule has 2 rings (SSSR count). The van der Waals surface area contributed by atoms with Gasteiger partial charge in [-0.3, -0.25) is 4.79 Å². The number of carbonyl (C=O) groups is 1. The van der Waals surface area contributed by atoms with Crippen molar-refractivity contribution in [2.24, 2.45) is 11.7 Å². The summed E-state index contributed by atoms with van der Waals surface area (Å²) in [5.74, 6) is 0.439. The number of nitrogens with one attached hydrogen (secondary N) is 1. The molecular weight excluding hydrogens is 272 g/mol. The van der Waals surface area contributed by atoms with Gasteiger partial charge in [-0.15, -0.1) is 0 Å². The van der Waals surface area contributed by atoms with Crippen molar-refractivity contribution in [2.75, 3.05) is 6.54 Å². The van der Waals surface area contributed by atoms with E-state index in [1.54, 1.807) is 0 Å². The van der Waals surface area contributed by atoms with Gasteiger partial charge in [-0.2, -0.15) is 0 Å². The van der Waals surface area contributed by atoms with E-state index in [1.807, 2.05) is 24.3 Å². The third-order valence-electron chi connectivity index (χ3n) is 4.51. The average Bonchev–Trinajstić information content (AvgIpc) is 2.44. The Hall–Kier alpha value is -1.06. The van der Waals surface area contributed by atoms with Gasteiger partial charge in [-0.05, 0) is 30.4 Å². The largest absolute Gasteiger partial charge is 0.349 e. The Labute approximate surface area is 125 Å². The van der Waals surface area contributed by atoms with Crippen molar-refractivity contribution >= 4 is 17.5 Å². The first kappa shape index (κ1) is 15.3. The normalized spacial score (nSPS) is 26.2. The monoisotopic (exact) mass is 294 g/mol. The first-order valence-corrected chi connectivity index (χ1v) is 7.70. The van der Waals surface area contributed by atoms with Crippen LogP contribution >= 0.6 is 11.6 Å². The molecule has 1 aliphatic rings. The molecular formula is C16H23ClN2O. The van der Waals surface area contributed by atoms with E-state index in [0.717, 1.165) is 24.8 Å². The van der Waals surface area contributed by atoms with Crippen LogP contribution in [0.25, 0.3) is 0 Å². The van der Waals surface area contributed by atoms with Gasteiger partial charge in [0.2, 0.25) is 5.91 Å². The van der Waals surface area contributed by atoms with E-state index < -0.39 is 0 Å². The minimum Gasteiger partial charge on any atom is -0.349 e. The maximum atomic E-state index is 12.3. The molecule has 1 aromatic rings. The van der Waals surface area contributed by atoms with Crippen LogP contribution in [-0.4, -0.2) is 18.0 Å². The van der Waals surface area contributed by atoms with Crippen LogP contribution in [0.15, 0.2) is 24.3 Å². The zero-order chi connectivity index (χ0) is 14.6. The van der Waals surface area contributed by atoms with Crippen LogP contribution in [0.2, 0.25) is 5.02 Å². The Bertz CT molecular complexity index is 477. The standard InChI is InChI=1S/C16H23ClN2O/c1-12-6-4-5-9-16(12,11-18)19-15(20)10-13-7-2-3-8-14(13)17/h2-3,7-8,12H,4-6,9-11,18H2,1H3,(H,19,20). The fourth-order valence-electron chi connectivity index (χ4n) is 3.09. The summed E-state index contributed by atoms with van der Waals surface area (Å²) >= 11 is 6.10. The molecule has 1 fully saturated rings. The molecule has 0 saturated heterocycles. The number of hydrogen-bond acceptors (Lipinski definition) is 2. The summed E-state index contributed by atoms with van der Waals surface area (Å²) in [4.78, 5) is 12.3. The molecule has 3 N–H and O–H groups in total. The maximum absolute atomic E-state index is 12.3. The van der Waals surface area contributed by atoms with Gasteiger partial charge < -0.3 is 11.1 Å². The summed E-state index contributed by atoms with van der Waals surface area (Å²) < 4.78 is 0. The van der Waals surface area contributed by atoms with Crippen molar-refractivity contribution in [1.29, 1.82) is 0 Å². The molecule has 2 unspecified atom stereocenters. The zero-order valence-corrected chi connectivity index (χ0v) is 12.7. The third kappa shape index (κ3) is 3.33. The molecule has 0 spiro atoms. The Morgan fingerprint density at radius 3 is 2.85 bits per heavy atom. The SMILES string of the molecule is CC1CCCCC1(CN)NC(=O)Cc1ccccc1Cl. The second-order valence-corrected chi connectivity index (χ2v) is 6.23. The van der Waals surface area contributed by atoms with Crippen molar-refractivity contribution in [1.82, 2.24) is 5.32 Å². The summed E-state index contributed by atoms with van der Waals surface area (Å²) in [5.41, 5.74) is 6.58. The van der Waals surface area contributed by atoms with Crippen molar-refractivity contribution in [3.8, 4) is 0 Å². The van der Waals surface area contributed by atoms with Crippen LogP contribution in [0.4, 0.5) is 0 Å². The second-order valence-electron chi connectivity index (χ2n) is 5.82. The van der Waals surface area contributed by atoms with Crippen molar-refractivity contribution in [3.63, 3.8) is 0 Å². The summed E-state index contributed by atoms with van der Waals surface area (Å²) in [6.07, 6.45) is 4.77. The highest BCUT2D eigenvalue weighted by atomic mass is 35.5. The van der Waals surface area contributed by atoms with Crippen molar-refractivity contribution in [3.05, 3.63) is 34.9 Å². The van der Waals surface area contributed by atoms with Crippen LogP contribution in [0, 0.1) is 5.92 Å². The highest BCUT2D eigenvalue weighted by Crippen LogP contribution is 2.33. The lowest BCUT2D eigenvalue weighted by Crippen LogP contribution is -2.59. The van der Waals surface area contributed by atoms with Crippen LogP contribution in [-0.2, 0) is 11.2 Å². The number of carbonyl (C=O) groups excluding carboxylic acids is 1. The predicted molar refractivity (Wildman–Crippen MR) is 82.7 cm³/mol. The van der Waals surface area contributed by atoms with Gasteiger partial charge in [-0.25, -0.2) is 0 Å². The molecule has 0 aliphatic heterocycles. The molecule has 0 bridgehead atoms. The number of amides is 1.